The van der Waals surface area contributed by atoms with E-state index in [0.717, 1.165) is 10.4 Å². The van der Waals surface area contributed by atoms with Crippen LogP contribution in [-0.2, 0) is 6.42 Å². The number of halogens is 3. The third-order valence-corrected chi connectivity index (χ3v) is 5.11. The molecule has 0 spiro atoms. The van der Waals surface area contributed by atoms with E-state index in [9.17, 15) is 4.79 Å². The van der Waals surface area contributed by atoms with Crippen LogP contribution in [0.25, 0.3) is 0 Å². The number of thiazole rings is 1. The Bertz CT molecular complexity index is 895. The van der Waals surface area contributed by atoms with Crippen LogP contribution in [-0.4, -0.2) is 10.9 Å². The van der Waals surface area contributed by atoms with Crippen LogP contribution in [0.15, 0.2) is 48.7 Å². The van der Waals surface area contributed by atoms with Gasteiger partial charge in [-0.25, -0.2) is 4.98 Å². The average molecular weight is 398 g/mol. The first-order valence-corrected chi connectivity index (χ1v) is 8.92. The molecule has 1 amide bonds. The lowest BCUT2D eigenvalue weighted by molar-refractivity contribution is 0.102. The number of benzene rings is 2. The Morgan fingerprint density at radius 3 is 2.67 bits per heavy atom. The Kier molecular flexibility index (Phi) is 5.41. The largest absolute Gasteiger partial charge is 0.298 e. The van der Waals surface area contributed by atoms with Gasteiger partial charge in [-0.15, -0.1) is 11.3 Å². The summed E-state index contributed by atoms with van der Waals surface area (Å²) in [7, 11) is 0. The molecule has 0 unspecified atom stereocenters. The standard InChI is InChI=1S/C17H11Cl3N2OS/c18-12-3-1-2-10(6-12)7-13-9-21-17(24-13)22-16(23)11-4-5-14(19)15(20)8-11/h1-6,8-9H,7H2,(H,21,22,23). The lowest BCUT2D eigenvalue weighted by atomic mass is 10.1. The molecule has 0 aliphatic rings. The van der Waals surface area contributed by atoms with Crippen molar-refractivity contribution in [1.82, 2.24) is 4.98 Å². The smallest absolute Gasteiger partial charge is 0.257 e. The zero-order valence-corrected chi connectivity index (χ0v) is 15.3. The molecule has 0 aliphatic carbocycles. The molecule has 24 heavy (non-hydrogen) atoms. The van der Waals surface area contributed by atoms with Crippen LogP contribution in [0.1, 0.15) is 20.8 Å². The van der Waals surface area contributed by atoms with Gasteiger partial charge in [0, 0.05) is 28.1 Å². The molecular formula is C17H11Cl3N2OS. The Balaban J connectivity index is 1.69. The minimum atomic E-state index is -0.280. The van der Waals surface area contributed by atoms with Crippen molar-refractivity contribution in [1.29, 1.82) is 0 Å². The van der Waals surface area contributed by atoms with E-state index in [1.165, 1.54) is 17.4 Å². The van der Waals surface area contributed by atoms with Crippen LogP contribution in [0.4, 0.5) is 5.13 Å². The number of nitrogens with one attached hydrogen (secondary N) is 1. The van der Waals surface area contributed by atoms with Gasteiger partial charge < -0.3 is 0 Å². The average Bonchev–Trinajstić information content (AvgIpc) is 2.97. The molecule has 0 atom stereocenters. The van der Waals surface area contributed by atoms with Gasteiger partial charge in [0.25, 0.3) is 5.91 Å². The van der Waals surface area contributed by atoms with Gasteiger partial charge in [0.15, 0.2) is 5.13 Å². The molecule has 0 bridgehead atoms. The molecular weight excluding hydrogens is 387 g/mol. The van der Waals surface area contributed by atoms with Crippen molar-refractivity contribution in [2.24, 2.45) is 0 Å². The molecule has 0 radical (unpaired) electrons. The maximum Gasteiger partial charge on any atom is 0.257 e. The van der Waals surface area contributed by atoms with E-state index in [1.54, 1.807) is 18.3 Å². The summed E-state index contributed by atoms with van der Waals surface area (Å²) in [6.45, 7) is 0. The SMILES string of the molecule is O=C(Nc1ncc(Cc2cccc(Cl)c2)s1)c1ccc(Cl)c(Cl)c1. The van der Waals surface area contributed by atoms with Crippen LogP contribution in [0.3, 0.4) is 0 Å². The number of rotatable bonds is 4. The van der Waals surface area contributed by atoms with Gasteiger partial charge >= 0.3 is 0 Å². The fourth-order valence-electron chi connectivity index (χ4n) is 2.10. The van der Waals surface area contributed by atoms with Crippen LogP contribution < -0.4 is 5.32 Å². The molecule has 0 saturated heterocycles. The first kappa shape index (κ1) is 17.2. The summed E-state index contributed by atoms with van der Waals surface area (Å²) in [6.07, 6.45) is 2.46. The molecule has 0 aliphatic heterocycles. The highest BCUT2D eigenvalue weighted by Crippen LogP contribution is 2.25. The van der Waals surface area contributed by atoms with Gasteiger partial charge in [0.05, 0.1) is 10.0 Å². The molecule has 2 aromatic carbocycles. The summed E-state index contributed by atoms with van der Waals surface area (Å²) in [4.78, 5) is 17.5. The highest BCUT2D eigenvalue weighted by atomic mass is 35.5. The summed E-state index contributed by atoms with van der Waals surface area (Å²) in [5.41, 5.74) is 1.52. The van der Waals surface area contributed by atoms with Crippen LogP contribution in [0, 0.1) is 0 Å². The first-order valence-electron chi connectivity index (χ1n) is 6.97. The molecule has 122 valence electrons. The zero-order chi connectivity index (χ0) is 17.1. The molecule has 0 fully saturated rings. The minimum Gasteiger partial charge on any atom is -0.298 e. The lowest BCUT2D eigenvalue weighted by Gasteiger charge is -2.03. The predicted octanol–water partition coefficient (Wildman–Crippen LogP) is 5.95. The van der Waals surface area contributed by atoms with Crippen molar-refractivity contribution in [2.75, 3.05) is 5.32 Å². The lowest BCUT2D eigenvalue weighted by Crippen LogP contribution is -2.11. The number of nitrogens with zero attached hydrogens (tertiary/aromatic N) is 1. The van der Waals surface area contributed by atoms with Crippen LogP contribution in [0.2, 0.25) is 15.1 Å². The topological polar surface area (TPSA) is 42.0 Å². The second-order valence-electron chi connectivity index (χ2n) is 5.02. The summed E-state index contributed by atoms with van der Waals surface area (Å²) in [5.74, 6) is -0.280. The highest BCUT2D eigenvalue weighted by molar-refractivity contribution is 7.15. The van der Waals surface area contributed by atoms with Crippen LogP contribution >= 0.6 is 46.1 Å². The number of hydrogen-bond acceptors (Lipinski definition) is 3. The number of carbonyl (C=O) groups excluding carboxylic acids is 1. The van der Waals surface area contributed by atoms with E-state index in [0.29, 0.717) is 32.2 Å². The van der Waals surface area contributed by atoms with Gasteiger partial charge in [0.2, 0.25) is 0 Å². The fraction of sp³-hybridized carbons (Fsp3) is 0.0588. The number of anilines is 1. The Morgan fingerprint density at radius 1 is 1.08 bits per heavy atom. The summed E-state index contributed by atoms with van der Waals surface area (Å²) < 4.78 is 0. The second kappa shape index (κ2) is 7.53. The molecule has 3 nitrogen and oxygen atoms in total. The minimum absolute atomic E-state index is 0.280. The van der Waals surface area contributed by atoms with Gasteiger partial charge in [0.1, 0.15) is 0 Å². The van der Waals surface area contributed by atoms with Gasteiger partial charge in [-0.3, -0.25) is 10.1 Å². The fourth-order valence-corrected chi connectivity index (χ4v) is 3.45. The molecule has 1 aromatic heterocycles. The monoisotopic (exact) mass is 396 g/mol. The molecule has 1 heterocycles. The van der Waals surface area contributed by atoms with Gasteiger partial charge in [-0.1, -0.05) is 46.9 Å². The van der Waals surface area contributed by atoms with E-state index in [4.69, 9.17) is 34.8 Å². The van der Waals surface area contributed by atoms with Crippen LogP contribution in [0.5, 0.6) is 0 Å². The van der Waals surface area contributed by atoms with Crippen molar-refractivity contribution >= 4 is 57.2 Å². The summed E-state index contributed by atoms with van der Waals surface area (Å²) >= 11 is 19.2. The third kappa shape index (κ3) is 4.28. The van der Waals surface area contributed by atoms with E-state index in [2.05, 4.69) is 10.3 Å². The predicted molar refractivity (Wildman–Crippen MR) is 101 cm³/mol. The molecule has 3 aromatic rings. The quantitative estimate of drug-likeness (QED) is 0.591. The number of aromatic nitrogens is 1. The van der Waals surface area contributed by atoms with Crippen molar-refractivity contribution in [2.45, 2.75) is 6.42 Å². The highest BCUT2D eigenvalue weighted by Gasteiger charge is 2.11. The number of carbonyl (C=O) groups is 1. The van der Waals surface area contributed by atoms with E-state index in [-0.39, 0.29) is 5.91 Å². The summed E-state index contributed by atoms with van der Waals surface area (Å²) in [5, 5.41) is 4.74. The Morgan fingerprint density at radius 2 is 1.92 bits per heavy atom. The number of amides is 1. The molecule has 3 rings (SSSR count). The molecule has 1 N–H and O–H groups in total. The molecule has 0 saturated carbocycles. The van der Waals surface area contributed by atoms with Crippen molar-refractivity contribution in [3.8, 4) is 0 Å². The van der Waals surface area contributed by atoms with E-state index in [1.807, 2.05) is 24.3 Å². The first-order chi connectivity index (χ1) is 11.5. The second-order valence-corrected chi connectivity index (χ2v) is 7.39. The van der Waals surface area contributed by atoms with E-state index >= 15 is 0 Å². The van der Waals surface area contributed by atoms with Gasteiger partial charge in [-0.05, 0) is 35.9 Å². The number of hydrogen-bond donors (Lipinski definition) is 1. The Hall–Kier alpha value is -1.59. The van der Waals surface area contributed by atoms with Crippen molar-refractivity contribution < 1.29 is 4.79 Å². The van der Waals surface area contributed by atoms with Gasteiger partial charge in [-0.2, -0.15) is 0 Å². The third-order valence-electron chi connectivity index (χ3n) is 3.22. The zero-order valence-electron chi connectivity index (χ0n) is 12.2. The van der Waals surface area contributed by atoms with E-state index < -0.39 is 0 Å². The Labute approximate surface area is 158 Å². The maximum atomic E-state index is 12.2. The van der Waals surface area contributed by atoms with Crippen molar-refractivity contribution in [3.05, 3.63) is 79.7 Å². The maximum absolute atomic E-state index is 12.2. The van der Waals surface area contributed by atoms with Crippen molar-refractivity contribution in [3.63, 3.8) is 0 Å². The summed E-state index contributed by atoms with van der Waals surface area (Å²) in [6, 6.07) is 12.4. The normalized spacial score (nSPS) is 10.6. The molecule has 7 heteroatoms.